The molecule has 3 atom stereocenters. The first-order valence-electron chi connectivity index (χ1n) is 7.76. The fourth-order valence-corrected chi connectivity index (χ4v) is 3.55. The summed E-state index contributed by atoms with van der Waals surface area (Å²) < 4.78 is 0. The smallest absolute Gasteiger partial charge is 0.0409 e. The van der Waals surface area contributed by atoms with Crippen LogP contribution in [-0.2, 0) is 0 Å². The van der Waals surface area contributed by atoms with E-state index in [1.54, 1.807) is 0 Å². The van der Waals surface area contributed by atoms with Gasteiger partial charge < -0.3 is 5.32 Å². The Morgan fingerprint density at radius 1 is 1.26 bits per heavy atom. The van der Waals surface area contributed by atoms with Gasteiger partial charge in [0.25, 0.3) is 0 Å². The van der Waals surface area contributed by atoms with E-state index in [4.69, 9.17) is 11.6 Å². The van der Waals surface area contributed by atoms with E-state index in [1.807, 2.05) is 6.07 Å². The third kappa shape index (κ3) is 3.97. The molecule has 1 fully saturated rings. The van der Waals surface area contributed by atoms with Crippen molar-refractivity contribution in [2.75, 3.05) is 0 Å². The number of nitrogens with one attached hydrogen (secondary N) is 1. The van der Waals surface area contributed by atoms with Crippen molar-refractivity contribution in [3.63, 3.8) is 0 Å². The highest BCUT2D eigenvalue weighted by atomic mass is 35.5. The largest absolute Gasteiger partial charge is 0.307 e. The van der Waals surface area contributed by atoms with Crippen molar-refractivity contribution >= 4 is 11.6 Å². The average Bonchev–Trinajstić information content (AvgIpc) is 2.45. The van der Waals surface area contributed by atoms with Crippen LogP contribution in [0.5, 0.6) is 0 Å². The standard InChI is InChI=1S/C17H26ClN/c1-3-13-8-5-6-11-17(13)19-16(4-2)14-9-7-10-15(18)12-14/h7,9-10,12-13,16-17,19H,3-6,8,11H2,1-2H3. The van der Waals surface area contributed by atoms with Crippen LogP contribution in [0.15, 0.2) is 24.3 Å². The molecule has 1 N–H and O–H groups in total. The summed E-state index contributed by atoms with van der Waals surface area (Å²) in [6.07, 6.45) is 7.91. The van der Waals surface area contributed by atoms with Crippen molar-refractivity contribution in [1.82, 2.24) is 5.32 Å². The van der Waals surface area contributed by atoms with Crippen molar-refractivity contribution in [2.24, 2.45) is 5.92 Å². The molecule has 0 heterocycles. The Bertz CT molecular complexity index is 391. The molecular weight excluding hydrogens is 254 g/mol. The van der Waals surface area contributed by atoms with Crippen LogP contribution in [0.2, 0.25) is 5.02 Å². The molecule has 3 unspecified atom stereocenters. The molecule has 2 heteroatoms. The third-order valence-electron chi connectivity index (χ3n) is 4.51. The highest BCUT2D eigenvalue weighted by molar-refractivity contribution is 6.30. The molecule has 0 saturated heterocycles. The summed E-state index contributed by atoms with van der Waals surface area (Å²) in [6.45, 7) is 4.58. The van der Waals surface area contributed by atoms with E-state index < -0.39 is 0 Å². The maximum absolute atomic E-state index is 6.12. The molecule has 0 spiro atoms. The molecule has 0 bridgehead atoms. The Labute approximate surface area is 122 Å². The summed E-state index contributed by atoms with van der Waals surface area (Å²) >= 11 is 6.12. The third-order valence-corrected chi connectivity index (χ3v) is 4.74. The van der Waals surface area contributed by atoms with Crippen LogP contribution in [0, 0.1) is 5.92 Å². The highest BCUT2D eigenvalue weighted by Gasteiger charge is 2.25. The van der Waals surface area contributed by atoms with Gasteiger partial charge in [0.1, 0.15) is 0 Å². The normalized spacial score (nSPS) is 25.2. The number of hydrogen-bond donors (Lipinski definition) is 1. The molecule has 0 aromatic heterocycles. The molecule has 19 heavy (non-hydrogen) atoms. The highest BCUT2D eigenvalue weighted by Crippen LogP contribution is 2.30. The fourth-order valence-electron chi connectivity index (χ4n) is 3.35. The molecule has 1 nitrogen and oxygen atoms in total. The van der Waals surface area contributed by atoms with Crippen LogP contribution >= 0.6 is 11.6 Å². The first-order valence-corrected chi connectivity index (χ1v) is 8.13. The van der Waals surface area contributed by atoms with E-state index in [-0.39, 0.29) is 0 Å². The molecule has 1 aliphatic rings. The van der Waals surface area contributed by atoms with Gasteiger partial charge in [-0.2, -0.15) is 0 Å². The zero-order valence-corrected chi connectivity index (χ0v) is 12.9. The second-order valence-corrected chi connectivity index (χ2v) is 6.18. The summed E-state index contributed by atoms with van der Waals surface area (Å²) in [5.74, 6) is 0.849. The Balaban J connectivity index is 2.05. The van der Waals surface area contributed by atoms with E-state index >= 15 is 0 Å². The monoisotopic (exact) mass is 279 g/mol. The lowest BCUT2D eigenvalue weighted by molar-refractivity contribution is 0.235. The van der Waals surface area contributed by atoms with Crippen LogP contribution in [0.3, 0.4) is 0 Å². The van der Waals surface area contributed by atoms with Gasteiger partial charge in [-0.05, 0) is 42.9 Å². The quantitative estimate of drug-likeness (QED) is 0.766. The second-order valence-electron chi connectivity index (χ2n) is 5.74. The predicted octanol–water partition coefficient (Wildman–Crippen LogP) is 5.35. The Morgan fingerprint density at radius 3 is 2.74 bits per heavy atom. The lowest BCUT2D eigenvalue weighted by atomic mass is 9.82. The molecule has 1 aliphatic carbocycles. The lowest BCUT2D eigenvalue weighted by Crippen LogP contribution is -2.40. The van der Waals surface area contributed by atoms with E-state index in [2.05, 4.69) is 37.4 Å². The van der Waals surface area contributed by atoms with Gasteiger partial charge in [0, 0.05) is 17.1 Å². The molecular formula is C17H26ClN. The minimum Gasteiger partial charge on any atom is -0.307 e. The summed E-state index contributed by atoms with van der Waals surface area (Å²) in [7, 11) is 0. The summed E-state index contributed by atoms with van der Waals surface area (Å²) in [5.41, 5.74) is 1.33. The topological polar surface area (TPSA) is 12.0 Å². The average molecular weight is 280 g/mol. The number of hydrogen-bond acceptors (Lipinski definition) is 1. The summed E-state index contributed by atoms with van der Waals surface area (Å²) in [5, 5.41) is 4.73. The van der Waals surface area contributed by atoms with Gasteiger partial charge in [-0.25, -0.2) is 0 Å². The minimum absolute atomic E-state index is 0.441. The molecule has 0 aliphatic heterocycles. The summed E-state index contributed by atoms with van der Waals surface area (Å²) in [6, 6.07) is 9.43. The van der Waals surface area contributed by atoms with Gasteiger partial charge in [-0.1, -0.05) is 56.8 Å². The van der Waals surface area contributed by atoms with Crippen molar-refractivity contribution in [2.45, 2.75) is 64.5 Å². The van der Waals surface area contributed by atoms with Crippen molar-refractivity contribution in [3.8, 4) is 0 Å². The first-order chi connectivity index (χ1) is 9.24. The molecule has 1 saturated carbocycles. The fraction of sp³-hybridized carbons (Fsp3) is 0.647. The van der Waals surface area contributed by atoms with Crippen LogP contribution < -0.4 is 5.32 Å². The molecule has 2 rings (SSSR count). The van der Waals surface area contributed by atoms with E-state index in [0.717, 1.165) is 17.4 Å². The number of benzene rings is 1. The van der Waals surface area contributed by atoms with Gasteiger partial charge in [0.05, 0.1) is 0 Å². The van der Waals surface area contributed by atoms with Gasteiger partial charge in [0.15, 0.2) is 0 Å². The van der Waals surface area contributed by atoms with E-state index in [9.17, 15) is 0 Å². The van der Waals surface area contributed by atoms with E-state index in [0.29, 0.717) is 12.1 Å². The second kappa shape index (κ2) is 7.31. The van der Waals surface area contributed by atoms with Crippen LogP contribution in [0.25, 0.3) is 0 Å². The van der Waals surface area contributed by atoms with Crippen LogP contribution in [0.1, 0.15) is 64.0 Å². The van der Waals surface area contributed by atoms with E-state index in [1.165, 1.54) is 37.7 Å². The predicted molar refractivity (Wildman–Crippen MR) is 83.7 cm³/mol. The Kier molecular flexibility index (Phi) is 5.72. The van der Waals surface area contributed by atoms with Gasteiger partial charge in [0.2, 0.25) is 0 Å². The lowest BCUT2D eigenvalue weighted by Gasteiger charge is -2.35. The zero-order chi connectivity index (χ0) is 13.7. The van der Waals surface area contributed by atoms with Gasteiger partial charge in [-0.3, -0.25) is 0 Å². The zero-order valence-electron chi connectivity index (χ0n) is 12.2. The van der Waals surface area contributed by atoms with Crippen LogP contribution in [-0.4, -0.2) is 6.04 Å². The Hall–Kier alpha value is -0.530. The molecule has 1 aromatic carbocycles. The van der Waals surface area contributed by atoms with Gasteiger partial charge >= 0.3 is 0 Å². The number of halogens is 1. The van der Waals surface area contributed by atoms with Crippen molar-refractivity contribution in [1.29, 1.82) is 0 Å². The van der Waals surface area contributed by atoms with Crippen molar-refractivity contribution in [3.05, 3.63) is 34.9 Å². The minimum atomic E-state index is 0.441. The molecule has 0 amide bonds. The first kappa shape index (κ1) is 14.9. The van der Waals surface area contributed by atoms with Crippen LogP contribution in [0.4, 0.5) is 0 Å². The molecule has 1 aromatic rings. The SMILES string of the molecule is CCC(NC1CCCCC1CC)c1cccc(Cl)c1. The van der Waals surface area contributed by atoms with Crippen molar-refractivity contribution < 1.29 is 0 Å². The maximum Gasteiger partial charge on any atom is 0.0409 e. The Morgan fingerprint density at radius 2 is 2.05 bits per heavy atom. The molecule has 106 valence electrons. The molecule has 0 radical (unpaired) electrons. The maximum atomic E-state index is 6.12. The number of rotatable bonds is 5. The van der Waals surface area contributed by atoms with Gasteiger partial charge in [-0.15, -0.1) is 0 Å². The summed E-state index contributed by atoms with van der Waals surface area (Å²) in [4.78, 5) is 0.